The summed E-state index contributed by atoms with van der Waals surface area (Å²) < 4.78 is 5.25. The fourth-order valence-electron chi connectivity index (χ4n) is 3.43. The highest BCUT2D eigenvalue weighted by Crippen LogP contribution is 2.24. The smallest absolute Gasteiger partial charge is 0.259 e. The van der Waals surface area contributed by atoms with E-state index in [4.69, 9.17) is 4.74 Å². The molecule has 0 spiro atoms. The van der Waals surface area contributed by atoms with E-state index >= 15 is 0 Å². The summed E-state index contributed by atoms with van der Waals surface area (Å²) in [6.07, 6.45) is 0. The fourth-order valence-corrected chi connectivity index (χ4v) is 3.43. The molecule has 2 aromatic rings. The Hall–Kier alpha value is -3.02. The number of benzene rings is 2. The fraction of sp³-hybridized carbons (Fsp3) is 0.391. The monoisotopic (exact) mass is 395 g/mol. The number of hydrogen-bond donors (Lipinski definition) is 1. The van der Waals surface area contributed by atoms with Crippen LogP contribution in [0.15, 0.2) is 48.5 Å². The van der Waals surface area contributed by atoms with Gasteiger partial charge in [0, 0.05) is 43.0 Å². The quantitative estimate of drug-likeness (QED) is 0.859. The predicted octanol–water partition coefficient (Wildman–Crippen LogP) is 3.64. The molecule has 0 bridgehead atoms. The van der Waals surface area contributed by atoms with E-state index < -0.39 is 0 Å². The minimum absolute atomic E-state index is 0.201. The summed E-state index contributed by atoms with van der Waals surface area (Å²) in [5.74, 6) is 0.542. The Morgan fingerprint density at radius 2 is 1.55 bits per heavy atom. The van der Waals surface area contributed by atoms with E-state index in [1.807, 2.05) is 62.1 Å². The molecule has 3 rings (SSSR count). The first-order chi connectivity index (χ1) is 13.8. The average Bonchev–Trinajstić information content (AvgIpc) is 2.73. The van der Waals surface area contributed by atoms with Crippen molar-refractivity contribution in [2.24, 2.45) is 5.41 Å². The van der Waals surface area contributed by atoms with Gasteiger partial charge in [-0.1, -0.05) is 32.9 Å². The van der Waals surface area contributed by atoms with Crippen LogP contribution in [0.1, 0.15) is 31.1 Å². The molecule has 1 heterocycles. The van der Waals surface area contributed by atoms with Crippen LogP contribution in [0.25, 0.3) is 0 Å². The molecule has 0 aromatic heterocycles. The van der Waals surface area contributed by atoms with Crippen molar-refractivity contribution in [3.05, 3.63) is 54.1 Å². The summed E-state index contributed by atoms with van der Waals surface area (Å²) >= 11 is 0. The van der Waals surface area contributed by atoms with Gasteiger partial charge in [0.1, 0.15) is 5.75 Å². The lowest BCUT2D eigenvalue weighted by molar-refractivity contribution is -0.139. The Bertz CT molecular complexity index is 864. The zero-order valence-corrected chi connectivity index (χ0v) is 17.6. The number of para-hydroxylation sites is 1. The first-order valence-corrected chi connectivity index (χ1v) is 9.88. The van der Waals surface area contributed by atoms with Gasteiger partial charge in [-0.15, -0.1) is 0 Å². The highest BCUT2D eigenvalue weighted by molar-refractivity contribution is 6.06. The van der Waals surface area contributed by atoms with E-state index in [1.165, 1.54) is 0 Å². The third-order valence-corrected chi connectivity index (χ3v) is 5.05. The Balaban J connectivity index is 1.60. The van der Waals surface area contributed by atoms with Crippen LogP contribution < -0.4 is 15.0 Å². The molecule has 6 nitrogen and oxygen atoms in total. The van der Waals surface area contributed by atoms with Gasteiger partial charge in [-0.3, -0.25) is 9.59 Å². The maximum atomic E-state index is 12.5. The second-order valence-corrected chi connectivity index (χ2v) is 8.23. The van der Waals surface area contributed by atoms with Crippen LogP contribution in [0.4, 0.5) is 11.4 Å². The molecule has 1 N–H and O–H groups in total. The summed E-state index contributed by atoms with van der Waals surface area (Å²) in [6.45, 7) is 8.92. The van der Waals surface area contributed by atoms with Crippen molar-refractivity contribution in [3.8, 4) is 5.75 Å². The third-order valence-electron chi connectivity index (χ3n) is 5.05. The molecule has 0 unspecified atom stereocenters. The molecule has 0 radical (unpaired) electrons. The summed E-state index contributed by atoms with van der Waals surface area (Å²) in [5.41, 5.74) is 1.97. The zero-order chi connectivity index (χ0) is 21.0. The van der Waals surface area contributed by atoms with E-state index in [-0.39, 0.29) is 17.2 Å². The number of amides is 2. The van der Waals surface area contributed by atoms with Crippen LogP contribution in [0.2, 0.25) is 0 Å². The van der Waals surface area contributed by atoms with Crippen LogP contribution in [0, 0.1) is 5.41 Å². The number of rotatable bonds is 4. The number of piperazine rings is 1. The van der Waals surface area contributed by atoms with Gasteiger partial charge in [-0.2, -0.15) is 0 Å². The van der Waals surface area contributed by atoms with E-state index in [9.17, 15) is 9.59 Å². The highest BCUT2D eigenvalue weighted by Gasteiger charge is 2.29. The largest absolute Gasteiger partial charge is 0.496 e. The lowest BCUT2D eigenvalue weighted by atomic mass is 9.94. The molecular weight excluding hydrogens is 366 g/mol. The number of carbonyl (C=O) groups excluding carboxylic acids is 2. The minimum atomic E-state index is -0.344. The molecule has 1 saturated heterocycles. The lowest BCUT2D eigenvalue weighted by Gasteiger charge is -2.38. The van der Waals surface area contributed by atoms with Crippen molar-refractivity contribution < 1.29 is 14.3 Å². The molecule has 0 atom stereocenters. The van der Waals surface area contributed by atoms with Gasteiger partial charge < -0.3 is 19.9 Å². The molecule has 154 valence electrons. The maximum Gasteiger partial charge on any atom is 0.259 e. The van der Waals surface area contributed by atoms with Crippen molar-refractivity contribution in [1.29, 1.82) is 0 Å². The molecule has 29 heavy (non-hydrogen) atoms. The molecule has 0 aliphatic carbocycles. The summed E-state index contributed by atoms with van der Waals surface area (Å²) in [7, 11) is 1.55. The topological polar surface area (TPSA) is 61.9 Å². The second kappa shape index (κ2) is 8.55. The van der Waals surface area contributed by atoms with Crippen molar-refractivity contribution in [2.75, 3.05) is 43.5 Å². The van der Waals surface area contributed by atoms with Crippen LogP contribution in [0.3, 0.4) is 0 Å². The number of methoxy groups -OCH3 is 1. The zero-order valence-electron chi connectivity index (χ0n) is 17.6. The van der Waals surface area contributed by atoms with Crippen molar-refractivity contribution in [1.82, 2.24) is 4.90 Å². The number of carbonyl (C=O) groups is 2. The molecule has 1 fully saturated rings. The molecule has 0 saturated carbocycles. The van der Waals surface area contributed by atoms with Crippen LogP contribution in [0.5, 0.6) is 5.75 Å². The van der Waals surface area contributed by atoms with Gasteiger partial charge in [0.15, 0.2) is 0 Å². The average molecular weight is 396 g/mol. The van der Waals surface area contributed by atoms with E-state index in [1.54, 1.807) is 19.2 Å². The maximum absolute atomic E-state index is 12.5. The van der Waals surface area contributed by atoms with Gasteiger partial charge in [0.2, 0.25) is 5.91 Å². The molecule has 1 aliphatic heterocycles. The number of ether oxygens (including phenoxy) is 1. The number of nitrogens with zero attached hydrogens (tertiary/aromatic N) is 2. The summed E-state index contributed by atoms with van der Waals surface area (Å²) in [5, 5.41) is 2.91. The molecule has 6 heteroatoms. The summed E-state index contributed by atoms with van der Waals surface area (Å²) in [6, 6.07) is 14.9. The van der Waals surface area contributed by atoms with Crippen molar-refractivity contribution in [3.63, 3.8) is 0 Å². The lowest BCUT2D eigenvalue weighted by Crippen LogP contribution is -2.51. The van der Waals surface area contributed by atoms with Gasteiger partial charge in [0.25, 0.3) is 5.91 Å². The van der Waals surface area contributed by atoms with Crippen molar-refractivity contribution in [2.45, 2.75) is 20.8 Å². The second-order valence-electron chi connectivity index (χ2n) is 8.23. The Morgan fingerprint density at radius 3 is 2.14 bits per heavy atom. The van der Waals surface area contributed by atoms with Gasteiger partial charge in [-0.25, -0.2) is 0 Å². The minimum Gasteiger partial charge on any atom is -0.496 e. The number of anilines is 2. The van der Waals surface area contributed by atoms with Gasteiger partial charge in [-0.05, 0) is 36.4 Å². The Labute approximate surface area is 172 Å². The van der Waals surface area contributed by atoms with Crippen LogP contribution in [-0.4, -0.2) is 50.0 Å². The first-order valence-electron chi connectivity index (χ1n) is 9.88. The summed E-state index contributed by atoms with van der Waals surface area (Å²) in [4.78, 5) is 29.2. The molecular formula is C23H29N3O3. The predicted molar refractivity (Wildman–Crippen MR) is 116 cm³/mol. The Kier molecular flexibility index (Phi) is 6.11. The SMILES string of the molecule is COc1ccccc1C(=O)Nc1ccc(N2CCN(C(=O)C(C)(C)C)CC2)cc1. The van der Waals surface area contributed by atoms with E-state index in [0.717, 1.165) is 37.6 Å². The van der Waals surface area contributed by atoms with Gasteiger partial charge >= 0.3 is 0 Å². The van der Waals surface area contributed by atoms with E-state index in [0.29, 0.717) is 11.3 Å². The first kappa shape index (κ1) is 20.7. The van der Waals surface area contributed by atoms with Crippen LogP contribution >= 0.6 is 0 Å². The molecule has 2 amide bonds. The molecule has 2 aromatic carbocycles. The third kappa shape index (κ3) is 4.88. The number of hydrogen-bond acceptors (Lipinski definition) is 4. The van der Waals surface area contributed by atoms with Crippen molar-refractivity contribution >= 4 is 23.2 Å². The highest BCUT2D eigenvalue weighted by atomic mass is 16.5. The normalized spacial score (nSPS) is 14.5. The Morgan fingerprint density at radius 1 is 0.931 bits per heavy atom. The van der Waals surface area contributed by atoms with Crippen LogP contribution in [-0.2, 0) is 4.79 Å². The van der Waals surface area contributed by atoms with E-state index in [2.05, 4.69) is 10.2 Å². The molecule has 1 aliphatic rings. The standard InChI is InChI=1S/C23H29N3O3/c1-23(2,3)22(28)26-15-13-25(14-16-26)18-11-9-17(10-12-18)24-21(27)19-7-5-6-8-20(19)29-4/h5-12H,13-16H2,1-4H3,(H,24,27). The van der Waals surface area contributed by atoms with Gasteiger partial charge in [0.05, 0.1) is 12.7 Å². The number of nitrogens with one attached hydrogen (secondary N) is 1.